The van der Waals surface area contributed by atoms with E-state index in [0.29, 0.717) is 11.6 Å². The summed E-state index contributed by atoms with van der Waals surface area (Å²) in [5.74, 6) is -0.330. The zero-order chi connectivity index (χ0) is 23.2. The SMILES string of the molecule is C=C1NCCc2cc(-c3cc(-c4ccc(N5CCN6CCCC6C5)cc4)c(F)nc3N)ccc21. The number of aromatic nitrogens is 1. The molecule has 3 aliphatic heterocycles. The van der Waals surface area contributed by atoms with E-state index in [4.69, 9.17) is 5.73 Å². The first-order valence-electron chi connectivity index (χ1n) is 12.2. The molecule has 0 bridgehead atoms. The molecular weight excluding hydrogens is 425 g/mol. The number of fused-ring (bicyclic) bond motifs is 2. The van der Waals surface area contributed by atoms with E-state index in [2.05, 4.69) is 50.9 Å². The first-order chi connectivity index (χ1) is 16.6. The molecule has 174 valence electrons. The van der Waals surface area contributed by atoms with Crippen molar-refractivity contribution in [3.63, 3.8) is 0 Å². The third-order valence-electron chi connectivity index (χ3n) is 7.61. The molecule has 1 atom stereocenters. The third-order valence-corrected chi connectivity index (χ3v) is 7.61. The van der Waals surface area contributed by atoms with Crippen molar-refractivity contribution in [1.29, 1.82) is 0 Å². The van der Waals surface area contributed by atoms with E-state index < -0.39 is 5.95 Å². The molecule has 0 spiro atoms. The van der Waals surface area contributed by atoms with Crippen LogP contribution in [0.25, 0.3) is 28.0 Å². The second kappa shape index (κ2) is 8.44. The molecule has 3 N–H and O–H groups in total. The predicted octanol–water partition coefficient (Wildman–Crippen LogP) is 4.54. The van der Waals surface area contributed by atoms with Crippen molar-refractivity contribution in [2.45, 2.75) is 25.3 Å². The van der Waals surface area contributed by atoms with Gasteiger partial charge in [-0.05, 0) is 60.7 Å². The molecule has 6 rings (SSSR count). The zero-order valence-electron chi connectivity index (χ0n) is 19.4. The van der Waals surface area contributed by atoms with Crippen molar-refractivity contribution in [3.05, 3.63) is 72.2 Å². The van der Waals surface area contributed by atoms with Crippen molar-refractivity contribution < 1.29 is 4.39 Å². The molecule has 0 saturated carbocycles. The van der Waals surface area contributed by atoms with Crippen LogP contribution in [0.1, 0.15) is 24.0 Å². The Labute approximate surface area is 200 Å². The maximum absolute atomic E-state index is 14.9. The summed E-state index contributed by atoms with van der Waals surface area (Å²) in [6, 6.07) is 16.9. The highest BCUT2D eigenvalue weighted by Crippen LogP contribution is 2.35. The second-order valence-corrected chi connectivity index (χ2v) is 9.61. The Morgan fingerprint density at radius 1 is 0.971 bits per heavy atom. The molecule has 5 nitrogen and oxygen atoms in total. The number of nitrogens with two attached hydrogens (primary N) is 1. The standard InChI is InChI=1S/C28H30FN5/c1-18-24-9-6-20(15-21(24)10-11-31-18)26-16-25(27(29)32-28(26)30)19-4-7-22(8-5-19)34-14-13-33-12-2-3-23(33)17-34/h4-9,15-16,23,31H,1-3,10-14,17H2,(H2,30,32). The van der Waals surface area contributed by atoms with E-state index in [9.17, 15) is 4.39 Å². The number of halogens is 1. The molecular formula is C28H30FN5. The van der Waals surface area contributed by atoms with Gasteiger partial charge in [-0.1, -0.05) is 36.9 Å². The number of nitrogen functional groups attached to an aromatic ring is 1. The first kappa shape index (κ1) is 21.2. The molecule has 0 radical (unpaired) electrons. The van der Waals surface area contributed by atoms with Crippen molar-refractivity contribution in [2.75, 3.05) is 43.4 Å². The van der Waals surface area contributed by atoms with E-state index in [-0.39, 0.29) is 5.82 Å². The Morgan fingerprint density at radius 2 is 1.79 bits per heavy atom. The van der Waals surface area contributed by atoms with Crippen LogP contribution in [0, 0.1) is 5.95 Å². The summed E-state index contributed by atoms with van der Waals surface area (Å²) in [5, 5.41) is 3.30. The lowest BCUT2D eigenvalue weighted by Crippen LogP contribution is -2.50. The highest BCUT2D eigenvalue weighted by molar-refractivity contribution is 5.82. The molecule has 2 fully saturated rings. The summed E-state index contributed by atoms with van der Waals surface area (Å²) < 4.78 is 14.9. The highest BCUT2D eigenvalue weighted by Gasteiger charge is 2.30. The van der Waals surface area contributed by atoms with Crippen LogP contribution in [-0.2, 0) is 6.42 Å². The van der Waals surface area contributed by atoms with Crippen LogP contribution in [-0.4, -0.2) is 48.6 Å². The van der Waals surface area contributed by atoms with Crippen LogP contribution in [0.15, 0.2) is 55.1 Å². The Bertz CT molecular complexity index is 1250. The van der Waals surface area contributed by atoms with Crippen LogP contribution in [0.4, 0.5) is 15.9 Å². The summed E-state index contributed by atoms with van der Waals surface area (Å²) in [5.41, 5.74) is 13.6. The number of benzene rings is 2. The lowest BCUT2D eigenvalue weighted by atomic mass is 9.93. The molecule has 2 saturated heterocycles. The van der Waals surface area contributed by atoms with E-state index in [1.807, 2.05) is 24.3 Å². The Hall–Kier alpha value is -3.38. The van der Waals surface area contributed by atoms with Crippen molar-refractivity contribution in [2.24, 2.45) is 0 Å². The number of rotatable bonds is 3. The highest BCUT2D eigenvalue weighted by atomic mass is 19.1. The number of hydrogen-bond donors (Lipinski definition) is 2. The van der Waals surface area contributed by atoms with Crippen LogP contribution in [0.2, 0.25) is 0 Å². The molecule has 1 aromatic heterocycles. The zero-order valence-corrected chi connectivity index (χ0v) is 19.4. The molecule has 1 unspecified atom stereocenters. The van der Waals surface area contributed by atoms with Gasteiger partial charge in [-0.2, -0.15) is 4.39 Å². The number of hydrogen-bond acceptors (Lipinski definition) is 5. The summed E-state index contributed by atoms with van der Waals surface area (Å²) in [7, 11) is 0. The Kier molecular flexibility index (Phi) is 5.26. The fourth-order valence-electron chi connectivity index (χ4n) is 5.72. The summed E-state index contributed by atoms with van der Waals surface area (Å²) in [4.78, 5) is 9.13. The Morgan fingerprint density at radius 3 is 2.65 bits per heavy atom. The largest absolute Gasteiger partial charge is 0.385 e. The summed E-state index contributed by atoms with van der Waals surface area (Å²) in [6.45, 7) is 9.42. The number of piperazine rings is 1. The van der Waals surface area contributed by atoms with Crippen LogP contribution in [0.3, 0.4) is 0 Å². The lowest BCUT2D eigenvalue weighted by molar-refractivity contribution is 0.231. The van der Waals surface area contributed by atoms with E-state index in [0.717, 1.165) is 60.6 Å². The minimum atomic E-state index is -0.538. The maximum atomic E-state index is 14.9. The number of nitrogens with zero attached hydrogens (tertiary/aromatic N) is 3. The third kappa shape index (κ3) is 3.72. The smallest absolute Gasteiger partial charge is 0.222 e. The van der Waals surface area contributed by atoms with Gasteiger partial charge >= 0.3 is 0 Å². The van der Waals surface area contributed by atoms with Gasteiger partial charge in [0.05, 0.1) is 0 Å². The number of nitrogens with one attached hydrogen (secondary N) is 1. The molecule has 4 heterocycles. The second-order valence-electron chi connectivity index (χ2n) is 9.61. The topological polar surface area (TPSA) is 57.4 Å². The van der Waals surface area contributed by atoms with Crippen LogP contribution >= 0.6 is 0 Å². The normalized spacial score (nSPS) is 20.1. The minimum absolute atomic E-state index is 0.208. The van der Waals surface area contributed by atoms with Gasteiger partial charge in [-0.25, -0.2) is 4.98 Å². The fourth-order valence-corrected chi connectivity index (χ4v) is 5.72. The maximum Gasteiger partial charge on any atom is 0.222 e. The average Bonchev–Trinajstić information content (AvgIpc) is 3.32. The van der Waals surface area contributed by atoms with Gasteiger partial charge in [-0.15, -0.1) is 0 Å². The summed E-state index contributed by atoms with van der Waals surface area (Å²) in [6.07, 6.45) is 3.51. The van der Waals surface area contributed by atoms with Gasteiger partial charge in [0, 0.05) is 60.3 Å². The molecule has 0 aliphatic carbocycles. The average molecular weight is 456 g/mol. The molecule has 0 amide bonds. The number of pyridine rings is 1. The minimum Gasteiger partial charge on any atom is -0.385 e. The molecule has 3 aromatic rings. The Balaban J connectivity index is 1.30. The van der Waals surface area contributed by atoms with Gasteiger partial charge < -0.3 is 16.0 Å². The molecule has 2 aromatic carbocycles. The number of anilines is 2. The van der Waals surface area contributed by atoms with Gasteiger partial charge in [0.1, 0.15) is 5.82 Å². The quantitative estimate of drug-likeness (QED) is 0.568. The molecule has 34 heavy (non-hydrogen) atoms. The van der Waals surface area contributed by atoms with Gasteiger partial charge in [-0.3, -0.25) is 4.90 Å². The van der Waals surface area contributed by atoms with E-state index >= 15 is 0 Å². The monoisotopic (exact) mass is 455 g/mol. The van der Waals surface area contributed by atoms with Gasteiger partial charge in [0.15, 0.2) is 0 Å². The predicted molar refractivity (Wildman–Crippen MR) is 137 cm³/mol. The lowest BCUT2D eigenvalue weighted by Gasteiger charge is -2.38. The van der Waals surface area contributed by atoms with Crippen LogP contribution < -0.4 is 16.0 Å². The first-order valence-corrected chi connectivity index (χ1v) is 12.2. The van der Waals surface area contributed by atoms with Crippen LogP contribution in [0.5, 0.6) is 0 Å². The molecule has 6 heteroatoms. The van der Waals surface area contributed by atoms with Crippen molar-refractivity contribution >= 4 is 17.2 Å². The van der Waals surface area contributed by atoms with Gasteiger partial charge in [0.25, 0.3) is 0 Å². The fraction of sp³-hybridized carbons (Fsp3) is 0.321. The van der Waals surface area contributed by atoms with E-state index in [1.54, 1.807) is 0 Å². The van der Waals surface area contributed by atoms with Gasteiger partial charge in [0.2, 0.25) is 5.95 Å². The van der Waals surface area contributed by atoms with Crippen molar-refractivity contribution in [1.82, 2.24) is 15.2 Å². The summed E-state index contributed by atoms with van der Waals surface area (Å²) >= 11 is 0. The van der Waals surface area contributed by atoms with E-state index in [1.165, 1.54) is 30.6 Å². The molecule has 3 aliphatic rings. The van der Waals surface area contributed by atoms with Crippen molar-refractivity contribution in [3.8, 4) is 22.3 Å².